The van der Waals surface area contributed by atoms with Gasteiger partial charge in [0.25, 0.3) is 0 Å². The SMILES string of the molecule is CCC(C)C(N)C(=O)NC(CCC(=O)O)C(=O)NC(CC(=O)O)C(=O)O. The van der Waals surface area contributed by atoms with Gasteiger partial charge in [-0.2, -0.15) is 0 Å². The van der Waals surface area contributed by atoms with E-state index in [1.54, 1.807) is 6.92 Å². The van der Waals surface area contributed by atoms with E-state index in [1.165, 1.54) is 0 Å². The molecule has 0 aromatic rings. The summed E-state index contributed by atoms with van der Waals surface area (Å²) in [5.41, 5.74) is 5.76. The van der Waals surface area contributed by atoms with Crippen LogP contribution in [-0.4, -0.2) is 63.2 Å². The minimum absolute atomic E-state index is 0.197. The molecule has 0 spiro atoms. The highest BCUT2D eigenvalue weighted by molar-refractivity contribution is 5.93. The molecule has 0 aromatic heterocycles. The number of hydrogen-bond acceptors (Lipinski definition) is 6. The lowest BCUT2D eigenvalue weighted by molar-refractivity contribution is -0.147. The molecule has 0 heterocycles. The van der Waals surface area contributed by atoms with Gasteiger partial charge in [-0.15, -0.1) is 0 Å². The zero-order valence-corrected chi connectivity index (χ0v) is 14.6. The maximum Gasteiger partial charge on any atom is 0.326 e. The molecule has 0 saturated heterocycles. The van der Waals surface area contributed by atoms with Crippen molar-refractivity contribution in [1.82, 2.24) is 10.6 Å². The van der Waals surface area contributed by atoms with Crippen molar-refractivity contribution >= 4 is 29.7 Å². The van der Waals surface area contributed by atoms with E-state index in [0.717, 1.165) is 0 Å². The minimum atomic E-state index is -1.72. The van der Waals surface area contributed by atoms with Crippen molar-refractivity contribution in [1.29, 1.82) is 0 Å². The molecule has 11 heteroatoms. The fourth-order valence-electron chi connectivity index (χ4n) is 1.96. The number of hydrogen-bond donors (Lipinski definition) is 6. The topological polar surface area (TPSA) is 196 Å². The summed E-state index contributed by atoms with van der Waals surface area (Å²) in [5.74, 6) is -6.11. The molecule has 26 heavy (non-hydrogen) atoms. The predicted octanol–water partition coefficient (Wildman–Crippen LogP) is -1.25. The van der Waals surface area contributed by atoms with Crippen molar-refractivity contribution in [3.63, 3.8) is 0 Å². The third-order valence-electron chi connectivity index (χ3n) is 3.83. The van der Waals surface area contributed by atoms with Crippen LogP contribution in [0.25, 0.3) is 0 Å². The molecule has 0 aliphatic rings. The zero-order valence-electron chi connectivity index (χ0n) is 14.6. The minimum Gasteiger partial charge on any atom is -0.481 e. The van der Waals surface area contributed by atoms with Crippen molar-refractivity contribution in [2.75, 3.05) is 0 Å². The summed E-state index contributed by atoms with van der Waals surface area (Å²) in [5, 5.41) is 30.7. The number of rotatable bonds is 12. The van der Waals surface area contributed by atoms with Crippen LogP contribution in [-0.2, 0) is 24.0 Å². The quantitative estimate of drug-likeness (QED) is 0.241. The number of nitrogens with one attached hydrogen (secondary N) is 2. The standard InChI is InChI=1S/C15H25N3O8/c1-3-7(2)12(16)14(24)17-8(4-5-10(19)20)13(23)18-9(15(25)26)6-11(21)22/h7-9,12H,3-6,16H2,1-2H3,(H,17,24)(H,18,23)(H,19,20)(H,21,22)(H,25,26). The first-order valence-corrected chi connectivity index (χ1v) is 8.02. The van der Waals surface area contributed by atoms with Gasteiger partial charge in [-0.3, -0.25) is 19.2 Å². The van der Waals surface area contributed by atoms with Gasteiger partial charge in [-0.05, 0) is 12.3 Å². The largest absolute Gasteiger partial charge is 0.481 e. The highest BCUT2D eigenvalue weighted by atomic mass is 16.4. The number of carboxylic acids is 3. The third kappa shape index (κ3) is 8.42. The first kappa shape index (κ1) is 23.3. The molecule has 4 unspecified atom stereocenters. The maximum absolute atomic E-state index is 12.2. The average Bonchev–Trinajstić information content (AvgIpc) is 2.55. The number of nitrogens with two attached hydrogens (primary N) is 1. The summed E-state index contributed by atoms with van der Waals surface area (Å²) in [6.45, 7) is 3.54. The van der Waals surface area contributed by atoms with Gasteiger partial charge in [0.05, 0.1) is 12.5 Å². The highest BCUT2D eigenvalue weighted by Crippen LogP contribution is 2.07. The Balaban J connectivity index is 5.17. The van der Waals surface area contributed by atoms with Gasteiger partial charge in [0.1, 0.15) is 12.1 Å². The van der Waals surface area contributed by atoms with Crippen LogP contribution in [0.2, 0.25) is 0 Å². The van der Waals surface area contributed by atoms with E-state index in [1.807, 2.05) is 12.2 Å². The molecule has 0 aliphatic carbocycles. The maximum atomic E-state index is 12.2. The zero-order chi connectivity index (χ0) is 20.4. The Morgan fingerprint density at radius 3 is 1.88 bits per heavy atom. The van der Waals surface area contributed by atoms with Crippen LogP contribution >= 0.6 is 0 Å². The smallest absolute Gasteiger partial charge is 0.326 e. The molecular weight excluding hydrogens is 350 g/mol. The molecule has 7 N–H and O–H groups in total. The van der Waals surface area contributed by atoms with Gasteiger partial charge in [0, 0.05) is 6.42 Å². The van der Waals surface area contributed by atoms with E-state index >= 15 is 0 Å². The summed E-state index contributed by atoms with van der Waals surface area (Å²) in [7, 11) is 0. The summed E-state index contributed by atoms with van der Waals surface area (Å²) >= 11 is 0. The number of amides is 2. The molecule has 0 bridgehead atoms. The summed E-state index contributed by atoms with van der Waals surface area (Å²) < 4.78 is 0. The van der Waals surface area contributed by atoms with Gasteiger partial charge in [-0.25, -0.2) is 4.79 Å². The van der Waals surface area contributed by atoms with Crippen LogP contribution in [0.3, 0.4) is 0 Å². The Kier molecular flexibility index (Phi) is 9.89. The van der Waals surface area contributed by atoms with E-state index < -0.39 is 60.7 Å². The van der Waals surface area contributed by atoms with Gasteiger partial charge in [0.15, 0.2) is 0 Å². The van der Waals surface area contributed by atoms with Crippen molar-refractivity contribution in [2.45, 2.75) is 57.7 Å². The lowest BCUT2D eigenvalue weighted by Gasteiger charge is -2.24. The van der Waals surface area contributed by atoms with Crippen molar-refractivity contribution in [3.05, 3.63) is 0 Å². The van der Waals surface area contributed by atoms with Crippen LogP contribution in [0.5, 0.6) is 0 Å². The second-order valence-electron chi connectivity index (χ2n) is 5.90. The molecule has 0 aromatic carbocycles. The van der Waals surface area contributed by atoms with Gasteiger partial charge < -0.3 is 31.7 Å². The Labute approximate surface area is 149 Å². The Bertz CT molecular complexity index is 551. The van der Waals surface area contributed by atoms with E-state index in [0.29, 0.717) is 6.42 Å². The molecule has 148 valence electrons. The number of aliphatic carboxylic acids is 3. The van der Waals surface area contributed by atoms with Crippen molar-refractivity contribution in [2.24, 2.45) is 11.7 Å². The summed E-state index contributed by atoms with van der Waals surface area (Å²) in [4.78, 5) is 56.8. The van der Waals surface area contributed by atoms with Crippen LogP contribution in [0.15, 0.2) is 0 Å². The van der Waals surface area contributed by atoms with Gasteiger partial charge in [0.2, 0.25) is 11.8 Å². The second kappa shape index (κ2) is 11.0. The van der Waals surface area contributed by atoms with E-state index in [2.05, 4.69) is 5.32 Å². The van der Waals surface area contributed by atoms with Crippen LogP contribution < -0.4 is 16.4 Å². The van der Waals surface area contributed by atoms with Crippen molar-refractivity contribution in [3.8, 4) is 0 Å². The lowest BCUT2D eigenvalue weighted by atomic mass is 9.98. The monoisotopic (exact) mass is 375 g/mol. The van der Waals surface area contributed by atoms with Gasteiger partial charge >= 0.3 is 17.9 Å². The molecule has 0 fully saturated rings. The predicted molar refractivity (Wildman–Crippen MR) is 88.1 cm³/mol. The number of carbonyl (C=O) groups is 5. The molecule has 0 radical (unpaired) electrons. The fourth-order valence-corrected chi connectivity index (χ4v) is 1.96. The van der Waals surface area contributed by atoms with E-state index in [4.69, 9.17) is 21.1 Å². The molecular formula is C15H25N3O8. The highest BCUT2D eigenvalue weighted by Gasteiger charge is 2.30. The van der Waals surface area contributed by atoms with E-state index in [9.17, 15) is 24.0 Å². The molecule has 11 nitrogen and oxygen atoms in total. The Morgan fingerprint density at radius 1 is 0.923 bits per heavy atom. The van der Waals surface area contributed by atoms with Crippen LogP contribution in [0.4, 0.5) is 0 Å². The summed E-state index contributed by atoms with van der Waals surface area (Å²) in [6.07, 6.45) is -1.04. The molecule has 2 amide bonds. The first-order chi connectivity index (χ1) is 12.0. The van der Waals surface area contributed by atoms with Crippen molar-refractivity contribution < 1.29 is 39.3 Å². The van der Waals surface area contributed by atoms with Gasteiger partial charge in [-0.1, -0.05) is 20.3 Å². The number of carbonyl (C=O) groups excluding carboxylic acids is 2. The molecule has 0 saturated carbocycles. The third-order valence-corrected chi connectivity index (χ3v) is 3.83. The molecule has 0 rings (SSSR count). The number of carboxylic acid groups (broad SMARTS) is 3. The fraction of sp³-hybridized carbons (Fsp3) is 0.667. The normalized spacial score (nSPS) is 15.2. The summed E-state index contributed by atoms with van der Waals surface area (Å²) in [6, 6.07) is -4.01. The Morgan fingerprint density at radius 2 is 1.46 bits per heavy atom. The van der Waals surface area contributed by atoms with Crippen LogP contribution in [0, 0.1) is 5.92 Å². The molecule has 4 atom stereocenters. The second-order valence-corrected chi connectivity index (χ2v) is 5.90. The first-order valence-electron chi connectivity index (χ1n) is 8.02. The lowest BCUT2D eigenvalue weighted by Crippen LogP contribution is -2.55. The van der Waals surface area contributed by atoms with E-state index in [-0.39, 0.29) is 12.3 Å². The Hall–Kier alpha value is -2.69. The average molecular weight is 375 g/mol. The molecule has 0 aliphatic heterocycles. The van der Waals surface area contributed by atoms with Crippen LogP contribution in [0.1, 0.15) is 39.5 Å².